The van der Waals surface area contributed by atoms with Gasteiger partial charge >= 0.3 is 0 Å². The summed E-state index contributed by atoms with van der Waals surface area (Å²) < 4.78 is 1.80. The highest BCUT2D eigenvalue weighted by Crippen LogP contribution is 2.19. The van der Waals surface area contributed by atoms with E-state index in [0.29, 0.717) is 11.5 Å². The van der Waals surface area contributed by atoms with Crippen molar-refractivity contribution in [1.29, 1.82) is 0 Å². The first-order valence-electron chi connectivity index (χ1n) is 5.95. The van der Waals surface area contributed by atoms with Crippen molar-refractivity contribution < 1.29 is 4.79 Å². The molecule has 6 nitrogen and oxygen atoms in total. The van der Waals surface area contributed by atoms with Gasteiger partial charge in [-0.05, 0) is 32.9 Å². The first-order valence-corrected chi connectivity index (χ1v) is 5.95. The zero-order valence-electron chi connectivity index (χ0n) is 11.2. The zero-order chi connectivity index (χ0) is 14.0. The molecule has 2 rings (SSSR count). The van der Waals surface area contributed by atoms with Gasteiger partial charge in [0.1, 0.15) is 5.82 Å². The first-order chi connectivity index (χ1) is 8.89. The molecule has 0 aliphatic carbocycles. The lowest BCUT2D eigenvalue weighted by atomic mass is 10.1. The lowest BCUT2D eigenvalue weighted by molar-refractivity contribution is -0.120. The van der Waals surface area contributed by atoms with Crippen LogP contribution in [0.1, 0.15) is 19.7 Å². The van der Waals surface area contributed by atoms with Gasteiger partial charge in [-0.25, -0.2) is 9.97 Å². The van der Waals surface area contributed by atoms with Crippen molar-refractivity contribution in [2.24, 2.45) is 5.73 Å². The number of amides is 1. The fourth-order valence-electron chi connectivity index (χ4n) is 1.57. The molecule has 3 N–H and O–H groups in total. The summed E-state index contributed by atoms with van der Waals surface area (Å²) in [4.78, 5) is 20.4. The van der Waals surface area contributed by atoms with Crippen molar-refractivity contribution >= 4 is 11.6 Å². The minimum absolute atomic E-state index is 0.264. The highest BCUT2D eigenvalue weighted by Gasteiger charge is 2.23. The molecule has 0 fully saturated rings. The predicted octanol–water partition coefficient (Wildman–Crippen LogP) is 1.25. The van der Waals surface area contributed by atoms with Crippen LogP contribution < -0.4 is 11.1 Å². The van der Waals surface area contributed by atoms with Crippen LogP contribution >= 0.6 is 0 Å². The summed E-state index contributed by atoms with van der Waals surface area (Å²) in [5, 5.41) is 2.79. The molecule has 2 heterocycles. The van der Waals surface area contributed by atoms with Gasteiger partial charge in [0, 0.05) is 18.6 Å². The molecular weight excluding hydrogens is 242 g/mol. The third kappa shape index (κ3) is 2.79. The van der Waals surface area contributed by atoms with Crippen LogP contribution in [-0.4, -0.2) is 26.0 Å². The van der Waals surface area contributed by atoms with Gasteiger partial charge in [-0.3, -0.25) is 9.36 Å². The minimum Gasteiger partial charge on any atom is -0.321 e. The van der Waals surface area contributed by atoms with Crippen LogP contribution in [0.15, 0.2) is 30.7 Å². The summed E-state index contributed by atoms with van der Waals surface area (Å²) in [7, 11) is 0. The van der Waals surface area contributed by atoms with Gasteiger partial charge in [-0.2, -0.15) is 0 Å². The maximum absolute atomic E-state index is 12.0. The number of pyridine rings is 1. The van der Waals surface area contributed by atoms with Crippen molar-refractivity contribution in [3.8, 4) is 5.82 Å². The second-order valence-electron chi connectivity index (χ2n) is 4.89. The Kier molecular flexibility index (Phi) is 3.35. The van der Waals surface area contributed by atoms with Gasteiger partial charge in [0.15, 0.2) is 5.82 Å². The van der Waals surface area contributed by atoms with Crippen molar-refractivity contribution in [3.05, 3.63) is 36.5 Å². The van der Waals surface area contributed by atoms with E-state index in [1.54, 1.807) is 49.1 Å². The number of aryl methyl sites for hydroxylation is 1. The van der Waals surface area contributed by atoms with E-state index in [2.05, 4.69) is 15.3 Å². The third-order valence-corrected chi connectivity index (χ3v) is 2.67. The molecule has 0 saturated heterocycles. The number of rotatable bonds is 3. The van der Waals surface area contributed by atoms with Crippen LogP contribution in [0, 0.1) is 6.92 Å². The Balaban J connectivity index is 2.38. The SMILES string of the molecule is Cc1nccn1-c1ncccc1NC(=O)C(C)(C)N. The Labute approximate surface area is 111 Å². The van der Waals surface area contributed by atoms with E-state index in [0.717, 1.165) is 5.82 Å². The number of nitrogens with one attached hydrogen (secondary N) is 1. The quantitative estimate of drug-likeness (QED) is 0.868. The summed E-state index contributed by atoms with van der Waals surface area (Å²) in [6.07, 6.45) is 5.14. The molecule has 0 aromatic carbocycles. The van der Waals surface area contributed by atoms with Gasteiger partial charge in [-0.15, -0.1) is 0 Å². The molecule has 0 bridgehead atoms. The second kappa shape index (κ2) is 4.81. The molecule has 100 valence electrons. The second-order valence-corrected chi connectivity index (χ2v) is 4.89. The number of nitrogens with two attached hydrogens (primary N) is 1. The average Bonchev–Trinajstić information content (AvgIpc) is 2.75. The maximum Gasteiger partial charge on any atom is 0.243 e. The van der Waals surface area contributed by atoms with E-state index < -0.39 is 5.54 Å². The summed E-state index contributed by atoms with van der Waals surface area (Å²) in [5.41, 5.74) is 5.43. The van der Waals surface area contributed by atoms with Crippen molar-refractivity contribution in [3.63, 3.8) is 0 Å². The van der Waals surface area contributed by atoms with Crippen molar-refractivity contribution in [1.82, 2.24) is 14.5 Å². The van der Waals surface area contributed by atoms with Crippen molar-refractivity contribution in [2.75, 3.05) is 5.32 Å². The van der Waals surface area contributed by atoms with Gasteiger partial charge in [0.2, 0.25) is 5.91 Å². The van der Waals surface area contributed by atoms with Gasteiger partial charge < -0.3 is 11.1 Å². The summed E-state index contributed by atoms with van der Waals surface area (Å²) in [6.45, 7) is 5.18. The summed E-state index contributed by atoms with van der Waals surface area (Å²) >= 11 is 0. The highest BCUT2D eigenvalue weighted by molar-refractivity contribution is 5.98. The zero-order valence-corrected chi connectivity index (χ0v) is 11.2. The molecule has 0 saturated carbocycles. The Morgan fingerprint density at radius 2 is 2.11 bits per heavy atom. The number of anilines is 1. The van der Waals surface area contributed by atoms with Crippen LogP contribution in [0.5, 0.6) is 0 Å². The van der Waals surface area contributed by atoms with Crippen LogP contribution in [0.25, 0.3) is 5.82 Å². The third-order valence-electron chi connectivity index (χ3n) is 2.67. The first kappa shape index (κ1) is 13.2. The van der Waals surface area contributed by atoms with Crippen LogP contribution in [0.4, 0.5) is 5.69 Å². The van der Waals surface area contributed by atoms with E-state index in [4.69, 9.17) is 5.73 Å². The van der Waals surface area contributed by atoms with E-state index in [1.807, 2.05) is 6.92 Å². The fourth-order valence-corrected chi connectivity index (χ4v) is 1.57. The molecule has 0 spiro atoms. The fraction of sp³-hybridized carbons (Fsp3) is 0.308. The molecule has 0 atom stereocenters. The van der Waals surface area contributed by atoms with E-state index in [-0.39, 0.29) is 5.91 Å². The number of hydrogen-bond acceptors (Lipinski definition) is 4. The standard InChI is InChI=1S/C13H17N5O/c1-9-15-7-8-18(9)11-10(5-4-6-16-11)17-12(19)13(2,3)14/h4-8H,14H2,1-3H3,(H,17,19). The molecule has 1 amide bonds. The lowest BCUT2D eigenvalue weighted by Crippen LogP contribution is -2.45. The highest BCUT2D eigenvalue weighted by atomic mass is 16.2. The lowest BCUT2D eigenvalue weighted by Gasteiger charge is -2.19. The predicted molar refractivity (Wildman–Crippen MR) is 73.0 cm³/mol. The van der Waals surface area contributed by atoms with Crippen molar-refractivity contribution in [2.45, 2.75) is 26.3 Å². The number of imidazole rings is 1. The Hall–Kier alpha value is -2.21. The normalized spacial score (nSPS) is 11.4. The number of hydrogen-bond donors (Lipinski definition) is 2. The molecular formula is C13H17N5O. The van der Waals surface area contributed by atoms with Gasteiger partial charge in [-0.1, -0.05) is 0 Å². The molecule has 6 heteroatoms. The smallest absolute Gasteiger partial charge is 0.243 e. The van der Waals surface area contributed by atoms with Gasteiger partial charge in [0.05, 0.1) is 11.2 Å². The molecule has 0 radical (unpaired) electrons. The number of carbonyl (C=O) groups excluding carboxylic acids is 1. The topological polar surface area (TPSA) is 85.8 Å². The van der Waals surface area contributed by atoms with Crippen LogP contribution in [0.2, 0.25) is 0 Å². The van der Waals surface area contributed by atoms with E-state index in [1.165, 1.54) is 0 Å². The molecule has 2 aromatic heterocycles. The number of carbonyl (C=O) groups is 1. The Bertz CT molecular complexity index is 597. The van der Waals surface area contributed by atoms with Crippen LogP contribution in [-0.2, 0) is 4.79 Å². The minimum atomic E-state index is -0.947. The molecule has 19 heavy (non-hydrogen) atoms. The largest absolute Gasteiger partial charge is 0.321 e. The Morgan fingerprint density at radius 3 is 2.68 bits per heavy atom. The molecule has 0 aliphatic rings. The Morgan fingerprint density at radius 1 is 1.37 bits per heavy atom. The summed E-state index contributed by atoms with van der Waals surface area (Å²) in [5.74, 6) is 1.15. The average molecular weight is 259 g/mol. The maximum atomic E-state index is 12.0. The number of nitrogens with zero attached hydrogens (tertiary/aromatic N) is 3. The molecule has 0 unspecified atom stereocenters. The van der Waals surface area contributed by atoms with Crippen LogP contribution in [0.3, 0.4) is 0 Å². The van der Waals surface area contributed by atoms with Gasteiger partial charge in [0.25, 0.3) is 0 Å². The summed E-state index contributed by atoms with van der Waals surface area (Å²) in [6, 6.07) is 3.54. The molecule has 2 aromatic rings. The van der Waals surface area contributed by atoms with E-state index in [9.17, 15) is 4.79 Å². The number of aromatic nitrogens is 3. The van der Waals surface area contributed by atoms with E-state index >= 15 is 0 Å². The molecule has 0 aliphatic heterocycles. The monoisotopic (exact) mass is 259 g/mol.